The van der Waals surface area contributed by atoms with E-state index in [0.29, 0.717) is 11.5 Å². The molecule has 1 aromatic rings. The number of nitrogens with two attached hydrogens (primary N) is 1. The van der Waals surface area contributed by atoms with Crippen LogP contribution in [-0.4, -0.2) is 21.6 Å². The normalized spacial score (nSPS) is 11.2. The number of anilines is 2. The number of nitrogens with one attached hydrogen (secondary N) is 1. The zero-order valence-electron chi connectivity index (χ0n) is 10.4. The van der Waals surface area contributed by atoms with E-state index < -0.39 is 5.97 Å². The molecule has 5 nitrogen and oxygen atoms in total. The van der Waals surface area contributed by atoms with Crippen LogP contribution in [0.5, 0.6) is 0 Å². The van der Waals surface area contributed by atoms with Crippen molar-refractivity contribution in [2.75, 3.05) is 11.1 Å². The highest BCUT2D eigenvalue weighted by Crippen LogP contribution is 2.23. The quantitative estimate of drug-likeness (QED) is 0.731. The molecule has 0 aliphatic heterocycles. The molecule has 5 heteroatoms. The Balaban J connectivity index is 2.97. The van der Waals surface area contributed by atoms with Gasteiger partial charge < -0.3 is 16.2 Å². The maximum absolute atomic E-state index is 10.8. The zero-order valence-corrected chi connectivity index (χ0v) is 10.4. The first-order valence-electron chi connectivity index (χ1n) is 5.63. The molecule has 0 unspecified atom stereocenters. The molecule has 1 rings (SSSR count). The number of hydrogen-bond donors (Lipinski definition) is 3. The minimum Gasteiger partial charge on any atom is -0.477 e. The van der Waals surface area contributed by atoms with E-state index in [-0.39, 0.29) is 11.2 Å². The van der Waals surface area contributed by atoms with Gasteiger partial charge in [0.2, 0.25) is 0 Å². The van der Waals surface area contributed by atoms with Crippen molar-refractivity contribution in [1.29, 1.82) is 0 Å². The van der Waals surface area contributed by atoms with Crippen LogP contribution in [0, 0.1) is 0 Å². The predicted octanol–water partition coefficient (Wildman–Crippen LogP) is 2.35. The lowest BCUT2D eigenvalue weighted by molar-refractivity contribution is 0.0690. The first kappa shape index (κ1) is 13.3. The van der Waals surface area contributed by atoms with Gasteiger partial charge in [0.05, 0.1) is 5.69 Å². The van der Waals surface area contributed by atoms with E-state index >= 15 is 0 Å². The summed E-state index contributed by atoms with van der Waals surface area (Å²) < 4.78 is 0. The fraction of sp³-hybridized carbons (Fsp3) is 0.500. The van der Waals surface area contributed by atoms with E-state index in [4.69, 9.17) is 10.8 Å². The van der Waals surface area contributed by atoms with Crippen molar-refractivity contribution in [3.63, 3.8) is 0 Å². The lowest BCUT2D eigenvalue weighted by Gasteiger charge is -2.27. The van der Waals surface area contributed by atoms with Crippen LogP contribution < -0.4 is 11.1 Å². The van der Waals surface area contributed by atoms with Crippen LogP contribution in [0.3, 0.4) is 0 Å². The van der Waals surface area contributed by atoms with E-state index in [0.717, 1.165) is 12.8 Å². The number of carboxylic acids is 1. The van der Waals surface area contributed by atoms with Gasteiger partial charge in [-0.15, -0.1) is 0 Å². The number of pyridine rings is 1. The number of carbonyl (C=O) groups is 1. The molecule has 0 saturated carbocycles. The van der Waals surface area contributed by atoms with Gasteiger partial charge >= 0.3 is 5.97 Å². The topological polar surface area (TPSA) is 88.2 Å². The molecule has 0 bridgehead atoms. The van der Waals surface area contributed by atoms with Crippen LogP contribution in [0.25, 0.3) is 0 Å². The Morgan fingerprint density at radius 3 is 2.71 bits per heavy atom. The van der Waals surface area contributed by atoms with Gasteiger partial charge in [0.25, 0.3) is 0 Å². The summed E-state index contributed by atoms with van der Waals surface area (Å²) in [4.78, 5) is 14.8. The van der Waals surface area contributed by atoms with Crippen LogP contribution >= 0.6 is 0 Å². The smallest absolute Gasteiger partial charge is 0.354 e. The van der Waals surface area contributed by atoms with Gasteiger partial charge in [0.15, 0.2) is 11.5 Å². The molecule has 0 radical (unpaired) electrons. The van der Waals surface area contributed by atoms with E-state index in [1.165, 1.54) is 6.07 Å². The van der Waals surface area contributed by atoms with Crippen molar-refractivity contribution in [3.05, 3.63) is 17.8 Å². The molecule has 1 aromatic heterocycles. The first-order chi connectivity index (χ1) is 7.85. The van der Waals surface area contributed by atoms with Crippen molar-refractivity contribution in [2.24, 2.45) is 0 Å². The Labute approximate surface area is 101 Å². The van der Waals surface area contributed by atoms with Gasteiger partial charge in [-0.05, 0) is 32.4 Å². The van der Waals surface area contributed by atoms with E-state index in [1.54, 1.807) is 6.07 Å². The maximum Gasteiger partial charge on any atom is 0.354 e. The highest BCUT2D eigenvalue weighted by atomic mass is 16.4. The van der Waals surface area contributed by atoms with Crippen molar-refractivity contribution >= 4 is 17.5 Å². The Kier molecular flexibility index (Phi) is 3.93. The van der Waals surface area contributed by atoms with Crippen molar-refractivity contribution < 1.29 is 9.90 Å². The van der Waals surface area contributed by atoms with Crippen molar-refractivity contribution in [3.8, 4) is 0 Å². The second kappa shape index (κ2) is 5.03. The van der Waals surface area contributed by atoms with Gasteiger partial charge in [0.1, 0.15) is 0 Å². The highest BCUT2D eigenvalue weighted by Gasteiger charge is 2.19. The van der Waals surface area contributed by atoms with Gasteiger partial charge in [0, 0.05) is 5.54 Å². The molecular weight excluding hydrogens is 218 g/mol. The lowest BCUT2D eigenvalue weighted by Crippen LogP contribution is -2.31. The summed E-state index contributed by atoms with van der Waals surface area (Å²) in [5, 5.41) is 12.1. The first-order valence-corrected chi connectivity index (χ1v) is 5.63. The Morgan fingerprint density at radius 2 is 2.18 bits per heavy atom. The largest absolute Gasteiger partial charge is 0.477 e. The van der Waals surface area contributed by atoms with Gasteiger partial charge in [-0.1, -0.05) is 13.3 Å². The van der Waals surface area contributed by atoms with E-state index in [2.05, 4.69) is 17.2 Å². The van der Waals surface area contributed by atoms with E-state index in [1.807, 2.05) is 13.8 Å². The molecule has 0 amide bonds. The molecule has 4 N–H and O–H groups in total. The number of hydrogen-bond acceptors (Lipinski definition) is 4. The van der Waals surface area contributed by atoms with Gasteiger partial charge in [-0.2, -0.15) is 0 Å². The van der Waals surface area contributed by atoms with Crippen molar-refractivity contribution in [1.82, 2.24) is 4.98 Å². The Morgan fingerprint density at radius 1 is 1.53 bits per heavy atom. The molecule has 0 spiro atoms. The summed E-state index contributed by atoms with van der Waals surface area (Å²) in [6, 6.07) is 2.95. The maximum atomic E-state index is 10.8. The molecule has 0 atom stereocenters. The Bertz CT molecular complexity index is 416. The summed E-state index contributed by atoms with van der Waals surface area (Å²) in [6.07, 6.45) is 1.98. The third kappa shape index (κ3) is 3.62. The fourth-order valence-corrected chi connectivity index (χ4v) is 1.70. The van der Waals surface area contributed by atoms with Crippen molar-refractivity contribution in [2.45, 2.75) is 39.2 Å². The van der Waals surface area contributed by atoms with Crippen LogP contribution in [0.15, 0.2) is 12.1 Å². The summed E-state index contributed by atoms with van der Waals surface area (Å²) in [7, 11) is 0. The van der Waals surface area contributed by atoms with Crippen LogP contribution in [-0.2, 0) is 0 Å². The number of nitrogens with zero attached hydrogens (tertiary/aromatic N) is 1. The molecule has 0 saturated heterocycles. The second-order valence-corrected chi connectivity index (χ2v) is 4.70. The minimum atomic E-state index is -1.05. The molecule has 0 aliphatic rings. The molecule has 17 heavy (non-hydrogen) atoms. The third-order valence-corrected chi connectivity index (χ3v) is 2.48. The van der Waals surface area contributed by atoms with E-state index in [9.17, 15) is 4.79 Å². The zero-order chi connectivity index (χ0) is 13.1. The van der Waals surface area contributed by atoms with Gasteiger partial charge in [-0.25, -0.2) is 9.78 Å². The van der Waals surface area contributed by atoms with Crippen LogP contribution in [0.1, 0.15) is 44.1 Å². The number of rotatable bonds is 5. The molecule has 0 aliphatic carbocycles. The highest BCUT2D eigenvalue weighted by molar-refractivity contribution is 5.86. The average Bonchev–Trinajstić information content (AvgIpc) is 2.20. The fourth-order valence-electron chi connectivity index (χ4n) is 1.70. The summed E-state index contributed by atoms with van der Waals surface area (Å²) in [6.45, 7) is 6.16. The molecule has 1 heterocycles. The monoisotopic (exact) mass is 237 g/mol. The van der Waals surface area contributed by atoms with Gasteiger partial charge in [-0.3, -0.25) is 0 Å². The third-order valence-electron chi connectivity index (χ3n) is 2.48. The van der Waals surface area contributed by atoms with Crippen LogP contribution in [0.2, 0.25) is 0 Å². The van der Waals surface area contributed by atoms with Crippen LogP contribution in [0.4, 0.5) is 11.5 Å². The molecule has 0 aromatic carbocycles. The number of nitrogen functional groups attached to an aromatic ring is 1. The molecule has 94 valence electrons. The minimum absolute atomic E-state index is 0.00556. The second-order valence-electron chi connectivity index (χ2n) is 4.70. The summed E-state index contributed by atoms with van der Waals surface area (Å²) in [5.74, 6) is -0.621. The average molecular weight is 237 g/mol. The SMILES string of the molecule is CCCC(C)(C)Nc1nc(C(=O)O)ccc1N. The molecular formula is C12H19N3O2. The number of aromatic nitrogens is 1. The lowest BCUT2D eigenvalue weighted by atomic mass is 9.99. The Hall–Kier alpha value is -1.78. The summed E-state index contributed by atoms with van der Waals surface area (Å²) >= 11 is 0. The summed E-state index contributed by atoms with van der Waals surface area (Å²) in [5.41, 5.74) is 6.07. The number of carboxylic acid groups (broad SMARTS) is 1. The number of aromatic carboxylic acids is 1. The standard InChI is InChI=1S/C12H19N3O2/c1-4-7-12(2,3)15-10-8(13)5-6-9(14-10)11(16)17/h5-6H,4,7,13H2,1-3H3,(H,14,15)(H,16,17). The predicted molar refractivity (Wildman–Crippen MR) is 68.2 cm³/mol. The molecule has 0 fully saturated rings.